The fourth-order valence-electron chi connectivity index (χ4n) is 2.68. The molecule has 0 atom stereocenters. The molecule has 124 valence electrons. The molecule has 7 heteroatoms. The molecule has 0 unspecified atom stereocenters. The number of aromatic nitrogens is 4. The second kappa shape index (κ2) is 6.64. The number of halogens is 1. The Balaban J connectivity index is 1.45. The Hall–Kier alpha value is -3.35. The summed E-state index contributed by atoms with van der Waals surface area (Å²) in [4.78, 5) is 16.9. The minimum atomic E-state index is -0.309. The number of benzene rings is 2. The van der Waals surface area contributed by atoms with Gasteiger partial charge in [-0.3, -0.25) is 0 Å². The van der Waals surface area contributed by atoms with Gasteiger partial charge < -0.3 is 10.6 Å². The molecule has 0 aliphatic rings. The highest BCUT2D eigenvalue weighted by Gasteiger charge is 2.05. The zero-order valence-corrected chi connectivity index (χ0v) is 13.3. The lowest BCUT2D eigenvalue weighted by Gasteiger charge is -2.10. The van der Waals surface area contributed by atoms with Crippen molar-refractivity contribution >= 4 is 33.4 Å². The number of nitrogens with zero attached hydrogens (tertiary/aromatic N) is 4. The van der Waals surface area contributed by atoms with E-state index in [1.165, 1.54) is 18.5 Å². The van der Waals surface area contributed by atoms with Crippen molar-refractivity contribution in [3.05, 3.63) is 60.9 Å². The van der Waals surface area contributed by atoms with Crippen LogP contribution < -0.4 is 10.6 Å². The molecule has 0 aliphatic heterocycles. The largest absolute Gasteiger partial charge is 0.368 e. The van der Waals surface area contributed by atoms with E-state index in [0.717, 1.165) is 16.7 Å². The molecule has 4 aromatic rings. The topological polar surface area (TPSA) is 75.6 Å². The third-order valence-electron chi connectivity index (χ3n) is 3.85. The molecule has 0 fully saturated rings. The van der Waals surface area contributed by atoms with Crippen LogP contribution in [0.15, 0.2) is 55.1 Å². The highest BCUT2D eigenvalue weighted by molar-refractivity contribution is 5.89. The fourth-order valence-corrected chi connectivity index (χ4v) is 2.68. The number of hydrogen-bond donors (Lipinski definition) is 2. The van der Waals surface area contributed by atoms with Gasteiger partial charge in [0.15, 0.2) is 0 Å². The molecule has 0 amide bonds. The van der Waals surface area contributed by atoms with Crippen LogP contribution in [0.5, 0.6) is 0 Å². The molecule has 2 heterocycles. The lowest BCUT2D eigenvalue weighted by Crippen LogP contribution is -2.15. The highest BCUT2D eigenvalue weighted by Crippen LogP contribution is 2.20. The Morgan fingerprint density at radius 1 is 0.720 bits per heavy atom. The second-order valence-electron chi connectivity index (χ2n) is 5.48. The number of hydrogen-bond acceptors (Lipinski definition) is 6. The third kappa shape index (κ3) is 3.16. The molecule has 0 saturated heterocycles. The van der Waals surface area contributed by atoms with E-state index in [0.29, 0.717) is 29.8 Å². The molecule has 0 aliphatic carbocycles. The maximum atomic E-state index is 13.5. The molecular weight excluding hydrogens is 319 g/mol. The molecule has 0 spiro atoms. The van der Waals surface area contributed by atoms with Crippen LogP contribution in [-0.4, -0.2) is 33.0 Å². The molecule has 25 heavy (non-hydrogen) atoms. The van der Waals surface area contributed by atoms with Gasteiger partial charge in [0.25, 0.3) is 0 Å². The van der Waals surface area contributed by atoms with Gasteiger partial charge in [0.05, 0.1) is 11.0 Å². The Labute approximate surface area is 143 Å². The van der Waals surface area contributed by atoms with E-state index in [1.54, 1.807) is 12.4 Å². The van der Waals surface area contributed by atoms with Crippen LogP contribution in [0.25, 0.3) is 21.8 Å². The lowest BCUT2D eigenvalue weighted by molar-refractivity contribution is 0.629. The summed E-state index contributed by atoms with van der Waals surface area (Å²) in [5.41, 5.74) is 1.60. The van der Waals surface area contributed by atoms with Gasteiger partial charge in [0.2, 0.25) is 0 Å². The van der Waals surface area contributed by atoms with Crippen LogP contribution in [0.1, 0.15) is 0 Å². The van der Waals surface area contributed by atoms with Gasteiger partial charge in [0, 0.05) is 23.9 Å². The average molecular weight is 334 g/mol. The Morgan fingerprint density at radius 2 is 1.36 bits per heavy atom. The minimum absolute atomic E-state index is 0.309. The van der Waals surface area contributed by atoms with E-state index in [1.807, 2.05) is 24.3 Å². The number of fused-ring (bicyclic) bond motifs is 2. The van der Waals surface area contributed by atoms with Crippen molar-refractivity contribution in [2.24, 2.45) is 0 Å². The van der Waals surface area contributed by atoms with Crippen molar-refractivity contribution in [3.8, 4) is 0 Å². The van der Waals surface area contributed by atoms with Crippen LogP contribution in [0.2, 0.25) is 0 Å². The van der Waals surface area contributed by atoms with Gasteiger partial charge in [-0.2, -0.15) is 0 Å². The number of nitrogens with one attached hydrogen (secondary N) is 2. The second-order valence-corrected chi connectivity index (χ2v) is 5.48. The normalized spacial score (nSPS) is 10.9. The fraction of sp³-hybridized carbons (Fsp3) is 0.111. The van der Waals surface area contributed by atoms with E-state index in [4.69, 9.17) is 0 Å². The first-order chi connectivity index (χ1) is 12.3. The monoisotopic (exact) mass is 334 g/mol. The molecule has 2 aromatic carbocycles. The first-order valence-corrected chi connectivity index (χ1v) is 7.89. The Kier molecular flexibility index (Phi) is 4.04. The van der Waals surface area contributed by atoms with Crippen molar-refractivity contribution in [1.29, 1.82) is 0 Å². The molecule has 2 aromatic heterocycles. The molecule has 2 N–H and O–H groups in total. The van der Waals surface area contributed by atoms with Crippen LogP contribution in [0.3, 0.4) is 0 Å². The number of rotatable bonds is 5. The van der Waals surface area contributed by atoms with Crippen LogP contribution in [-0.2, 0) is 0 Å². The lowest BCUT2D eigenvalue weighted by atomic mass is 10.2. The predicted octanol–water partition coefficient (Wildman–Crippen LogP) is 3.24. The summed E-state index contributed by atoms with van der Waals surface area (Å²) in [6, 6.07) is 12.3. The first-order valence-electron chi connectivity index (χ1n) is 7.89. The third-order valence-corrected chi connectivity index (χ3v) is 3.85. The Bertz CT molecular complexity index is 1030. The van der Waals surface area contributed by atoms with Gasteiger partial charge in [-0.25, -0.2) is 24.3 Å². The summed E-state index contributed by atoms with van der Waals surface area (Å²) in [7, 11) is 0. The molecule has 0 radical (unpaired) electrons. The van der Waals surface area contributed by atoms with Crippen molar-refractivity contribution < 1.29 is 4.39 Å². The van der Waals surface area contributed by atoms with Gasteiger partial charge >= 0.3 is 0 Å². The first kappa shape index (κ1) is 15.2. The summed E-state index contributed by atoms with van der Waals surface area (Å²) >= 11 is 0. The summed E-state index contributed by atoms with van der Waals surface area (Å²) in [5, 5.41) is 8.13. The molecule has 6 nitrogen and oxygen atoms in total. The van der Waals surface area contributed by atoms with Crippen molar-refractivity contribution in [3.63, 3.8) is 0 Å². The van der Waals surface area contributed by atoms with Crippen molar-refractivity contribution in [1.82, 2.24) is 19.9 Å². The maximum absolute atomic E-state index is 13.5. The van der Waals surface area contributed by atoms with E-state index in [2.05, 4.69) is 30.6 Å². The SMILES string of the molecule is Fc1ccc2ncnc(NCCNc3ncnc4ccccc34)c2c1. The van der Waals surface area contributed by atoms with Gasteiger partial charge in [-0.05, 0) is 30.3 Å². The van der Waals surface area contributed by atoms with Gasteiger partial charge in [-0.15, -0.1) is 0 Å². The highest BCUT2D eigenvalue weighted by atomic mass is 19.1. The smallest absolute Gasteiger partial charge is 0.137 e. The van der Waals surface area contributed by atoms with E-state index in [-0.39, 0.29) is 5.82 Å². The molecule has 4 rings (SSSR count). The quantitative estimate of drug-likeness (QED) is 0.546. The molecular formula is C18H15FN6. The summed E-state index contributed by atoms with van der Waals surface area (Å²) in [6.45, 7) is 1.22. The van der Waals surface area contributed by atoms with Crippen LogP contribution in [0, 0.1) is 5.82 Å². The summed E-state index contributed by atoms with van der Waals surface area (Å²) in [6.07, 6.45) is 3.01. The standard InChI is InChI=1S/C18H15FN6/c19-12-5-6-16-14(9-12)18(25-11-23-16)21-8-7-20-17-13-3-1-2-4-15(13)22-10-24-17/h1-6,9-11H,7-8H2,(H,20,22,24)(H,21,23,25). The average Bonchev–Trinajstić information content (AvgIpc) is 2.65. The number of para-hydroxylation sites is 1. The maximum Gasteiger partial charge on any atom is 0.137 e. The van der Waals surface area contributed by atoms with Gasteiger partial charge in [0.1, 0.15) is 30.1 Å². The minimum Gasteiger partial charge on any atom is -0.368 e. The van der Waals surface area contributed by atoms with Crippen molar-refractivity contribution in [2.75, 3.05) is 23.7 Å². The van der Waals surface area contributed by atoms with E-state index >= 15 is 0 Å². The predicted molar refractivity (Wildman–Crippen MR) is 96.0 cm³/mol. The zero-order valence-electron chi connectivity index (χ0n) is 13.3. The summed E-state index contributed by atoms with van der Waals surface area (Å²) in [5.74, 6) is 1.08. The zero-order chi connectivity index (χ0) is 17.1. The molecule has 0 saturated carbocycles. The van der Waals surface area contributed by atoms with Crippen LogP contribution >= 0.6 is 0 Å². The van der Waals surface area contributed by atoms with Crippen molar-refractivity contribution in [2.45, 2.75) is 0 Å². The Morgan fingerprint density at radius 3 is 2.12 bits per heavy atom. The van der Waals surface area contributed by atoms with E-state index < -0.39 is 0 Å². The molecule has 0 bridgehead atoms. The van der Waals surface area contributed by atoms with Gasteiger partial charge in [-0.1, -0.05) is 12.1 Å². The summed E-state index contributed by atoms with van der Waals surface area (Å²) < 4.78 is 13.5. The number of anilines is 2. The van der Waals surface area contributed by atoms with Crippen LogP contribution in [0.4, 0.5) is 16.0 Å². The van der Waals surface area contributed by atoms with E-state index in [9.17, 15) is 4.39 Å².